The number of aryl methyl sites for hydroxylation is 1. The number of nitrogens with one attached hydrogen (secondary N) is 1. The SMILES string of the molecule is CCCc1ccc(Cn2c(=O)n(C[C@H](C)C(=O)O)c(=O)[nH]/c2=N\c2ccc(OC(C)C)cc2)cc1. The van der Waals surface area contributed by atoms with Crippen LogP contribution < -0.4 is 21.7 Å². The van der Waals surface area contributed by atoms with Crippen molar-refractivity contribution in [1.82, 2.24) is 14.1 Å². The second-order valence-corrected chi connectivity index (χ2v) is 8.81. The third kappa shape index (κ3) is 6.81. The Kier molecular flexibility index (Phi) is 8.46. The van der Waals surface area contributed by atoms with Gasteiger partial charge in [-0.3, -0.25) is 14.3 Å². The lowest BCUT2D eigenvalue weighted by molar-refractivity contribution is -0.141. The zero-order chi connectivity index (χ0) is 25.5. The van der Waals surface area contributed by atoms with Crippen molar-refractivity contribution in [3.05, 3.63) is 86.2 Å². The first-order valence-electron chi connectivity index (χ1n) is 11.7. The van der Waals surface area contributed by atoms with E-state index in [0.29, 0.717) is 11.4 Å². The molecule has 0 amide bonds. The Balaban J connectivity index is 2.09. The Morgan fingerprint density at radius 3 is 2.20 bits per heavy atom. The van der Waals surface area contributed by atoms with Gasteiger partial charge in [-0.25, -0.2) is 19.1 Å². The van der Waals surface area contributed by atoms with Crippen LogP contribution in [0.5, 0.6) is 5.75 Å². The Morgan fingerprint density at radius 2 is 1.63 bits per heavy atom. The summed E-state index contributed by atoms with van der Waals surface area (Å²) in [5, 5.41) is 9.26. The topological polar surface area (TPSA) is 119 Å². The van der Waals surface area contributed by atoms with Crippen LogP contribution in [-0.2, 0) is 24.3 Å². The van der Waals surface area contributed by atoms with Crippen molar-refractivity contribution in [2.24, 2.45) is 10.9 Å². The zero-order valence-corrected chi connectivity index (χ0v) is 20.5. The summed E-state index contributed by atoms with van der Waals surface area (Å²) in [5.74, 6) is -1.32. The minimum Gasteiger partial charge on any atom is -0.491 e. The minimum absolute atomic E-state index is 0.0285. The van der Waals surface area contributed by atoms with E-state index < -0.39 is 23.3 Å². The van der Waals surface area contributed by atoms with E-state index in [2.05, 4.69) is 16.9 Å². The number of carbonyl (C=O) groups is 1. The van der Waals surface area contributed by atoms with Crippen molar-refractivity contribution < 1.29 is 14.6 Å². The van der Waals surface area contributed by atoms with E-state index in [1.54, 1.807) is 24.3 Å². The summed E-state index contributed by atoms with van der Waals surface area (Å²) in [7, 11) is 0. The van der Waals surface area contributed by atoms with Gasteiger partial charge in [-0.2, -0.15) is 0 Å². The number of benzene rings is 2. The first kappa shape index (κ1) is 25.7. The van der Waals surface area contributed by atoms with Gasteiger partial charge in [-0.1, -0.05) is 44.5 Å². The van der Waals surface area contributed by atoms with E-state index in [9.17, 15) is 19.5 Å². The largest absolute Gasteiger partial charge is 0.491 e. The van der Waals surface area contributed by atoms with Gasteiger partial charge in [0.05, 0.1) is 24.3 Å². The fourth-order valence-corrected chi connectivity index (χ4v) is 3.57. The predicted molar refractivity (Wildman–Crippen MR) is 133 cm³/mol. The van der Waals surface area contributed by atoms with Crippen molar-refractivity contribution in [3.8, 4) is 5.75 Å². The van der Waals surface area contributed by atoms with Gasteiger partial charge in [0.1, 0.15) is 5.75 Å². The lowest BCUT2D eigenvalue weighted by Crippen LogP contribution is -2.51. The number of hydrogen-bond donors (Lipinski definition) is 2. The Bertz CT molecular complexity index is 1330. The monoisotopic (exact) mass is 480 g/mol. The molecule has 9 nitrogen and oxygen atoms in total. The molecule has 35 heavy (non-hydrogen) atoms. The molecule has 0 fully saturated rings. The van der Waals surface area contributed by atoms with Crippen LogP contribution in [0.25, 0.3) is 0 Å². The summed E-state index contributed by atoms with van der Waals surface area (Å²) in [6.45, 7) is 7.34. The normalized spacial score (nSPS) is 12.7. The van der Waals surface area contributed by atoms with E-state index in [1.807, 2.05) is 38.1 Å². The van der Waals surface area contributed by atoms with Gasteiger partial charge in [0.15, 0.2) is 0 Å². The highest BCUT2D eigenvalue weighted by molar-refractivity contribution is 5.69. The molecule has 0 aliphatic rings. The molecule has 1 heterocycles. The van der Waals surface area contributed by atoms with Gasteiger partial charge < -0.3 is 9.84 Å². The Morgan fingerprint density at radius 1 is 1.00 bits per heavy atom. The van der Waals surface area contributed by atoms with E-state index in [4.69, 9.17) is 4.74 Å². The number of ether oxygens (including phenoxy) is 1. The van der Waals surface area contributed by atoms with Gasteiger partial charge in [0.25, 0.3) is 0 Å². The summed E-state index contributed by atoms with van der Waals surface area (Å²) in [4.78, 5) is 44.6. The molecule has 3 rings (SSSR count). The molecule has 0 bridgehead atoms. The minimum atomic E-state index is -1.09. The van der Waals surface area contributed by atoms with Crippen LogP contribution in [0.15, 0.2) is 63.1 Å². The highest BCUT2D eigenvalue weighted by Crippen LogP contribution is 2.18. The molecule has 0 saturated heterocycles. The Labute approximate surface area is 203 Å². The molecule has 0 aliphatic carbocycles. The molecule has 2 aromatic carbocycles. The molecule has 0 unspecified atom stereocenters. The first-order valence-corrected chi connectivity index (χ1v) is 11.7. The second-order valence-electron chi connectivity index (χ2n) is 8.81. The number of rotatable bonds is 10. The van der Waals surface area contributed by atoms with Gasteiger partial charge in [-0.05, 0) is 55.7 Å². The number of carboxylic acids is 1. The number of nitrogens with zero attached hydrogens (tertiary/aromatic N) is 3. The Hall–Kier alpha value is -3.88. The molecule has 186 valence electrons. The molecule has 3 aromatic rings. The summed E-state index contributed by atoms with van der Waals surface area (Å²) < 4.78 is 7.91. The fraction of sp³-hybridized carbons (Fsp3) is 0.385. The summed E-state index contributed by atoms with van der Waals surface area (Å²) >= 11 is 0. The van der Waals surface area contributed by atoms with Crippen LogP contribution in [0.4, 0.5) is 5.69 Å². The van der Waals surface area contributed by atoms with Crippen molar-refractivity contribution in [1.29, 1.82) is 0 Å². The maximum Gasteiger partial charge on any atom is 0.335 e. The number of aromatic amines is 1. The molecule has 2 N–H and O–H groups in total. The number of H-pyrrole nitrogens is 1. The lowest BCUT2D eigenvalue weighted by Gasteiger charge is -2.13. The summed E-state index contributed by atoms with van der Waals surface area (Å²) in [6, 6.07) is 14.9. The third-order valence-corrected chi connectivity index (χ3v) is 5.41. The van der Waals surface area contributed by atoms with E-state index >= 15 is 0 Å². The van der Waals surface area contributed by atoms with Crippen molar-refractivity contribution in [2.45, 2.75) is 59.7 Å². The highest BCUT2D eigenvalue weighted by atomic mass is 16.5. The predicted octanol–water partition coefficient (Wildman–Crippen LogP) is 3.08. The number of aromatic nitrogens is 3. The van der Waals surface area contributed by atoms with Gasteiger partial charge >= 0.3 is 17.3 Å². The van der Waals surface area contributed by atoms with Crippen LogP contribution >= 0.6 is 0 Å². The summed E-state index contributed by atoms with van der Waals surface area (Å²) in [6.07, 6.45) is 2.02. The molecule has 1 aromatic heterocycles. The second kappa shape index (κ2) is 11.5. The van der Waals surface area contributed by atoms with E-state index in [0.717, 1.165) is 23.0 Å². The van der Waals surface area contributed by atoms with Crippen molar-refractivity contribution in [3.63, 3.8) is 0 Å². The zero-order valence-electron chi connectivity index (χ0n) is 20.5. The van der Waals surface area contributed by atoms with Crippen molar-refractivity contribution >= 4 is 11.7 Å². The number of aliphatic carboxylic acids is 1. The third-order valence-electron chi connectivity index (χ3n) is 5.41. The van der Waals surface area contributed by atoms with Gasteiger partial charge in [-0.15, -0.1) is 0 Å². The molecule has 0 aliphatic heterocycles. The molecule has 0 saturated carbocycles. The van der Waals surface area contributed by atoms with Gasteiger partial charge in [0.2, 0.25) is 5.62 Å². The molecule has 0 spiro atoms. The average molecular weight is 481 g/mol. The van der Waals surface area contributed by atoms with Crippen LogP contribution in [0.3, 0.4) is 0 Å². The standard InChI is InChI=1S/C26H32N4O5/c1-5-6-19-7-9-20(10-8-19)16-29-24(27-21-11-13-22(14-12-21)35-17(2)3)28-25(33)30(26(29)34)15-18(4)23(31)32/h7-14,17-18H,5-6,15-16H2,1-4H3,(H,31,32)(H,27,28,33)/t18-/m0/s1. The smallest absolute Gasteiger partial charge is 0.335 e. The summed E-state index contributed by atoms with van der Waals surface area (Å²) in [5.41, 5.74) is 1.32. The molecular formula is C26H32N4O5. The molecule has 9 heteroatoms. The number of hydrogen-bond acceptors (Lipinski definition) is 5. The van der Waals surface area contributed by atoms with E-state index in [-0.39, 0.29) is 24.8 Å². The van der Waals surface area contributed by atoms with Crippen molar-refractivity contribution in [2.75, 3.05) is 0 Å². The number of carboxylic acid groups (broad SMARTS) is 1. The van der Waals surface area contributed by atoms with Gasteiger partial charge in [0, 0.05) is 6.54 Å². The average Bonchev–Trinajstić information content (AvgIpc) is 2.81. The highest BCUT2D eigenvalue weighted by Gasteiger charge is 2.17. The van der Waals surface area contributed by atoms with E-state index in [1.165, 1.54) is 17.1 Å². The maximum absolute atomic E-state index is 13.3. The molecule has 1 atom stereocenters. The fourth-order valence-electron chi connectivity index (χ4n) is 3.57. The lowest BCUT2D eigenvalue weighted by atomic mass is 10.1. The van der Waals surface area contributed by atoms with Crippen LogP contribution in [-0.4, -0.2) is 31.3 Å². The van der Waals surface area contributed by atoms with Crippen LogP contribution in [0.2, 0.25) is 0 Å². The van der Waals surface area contributed by atoms with Crippen LogP contribution in [0.1, 0.15) is 45.2 Å². The molecule has 0 radical (unpaired) electrons. The maximum atomic E-state index is 13.3. The first-order chi connectivity index (χ1) is 16.7. The molecular weight excluding hydrogens is 448 g/mol. The quantitative estimate of drug-likeness (QED) is 0.462. The van der Waals surface area contributed by atoms with Crippen LogP contribution in [0, 0.1) is 5.92 Å².